The van der Waals surface area contributed by atoms with Gasteiger partial charge in [-0.2, -0.15) is 16.9 Å². The molecule has 142 valence electrons. The van der Waals surface area contributed by atoms with Crippen LogP contribution in [-0.2, 0) is 13.1 Å². The Bertz CT molecular complexity index is 696. The van der Waals surface area contributed by atoms with Gasteiger partial charge in [-0.3, -0.25) is 9.67 Å². The van der Waals surface area contributed by atoms with E-state index in [1.807, 2.05) is 30.2 Å². The van der Waals surface area contributed by atoms with Crippen molar-refractivity contribution in [1.82, 2.24) is 20.4 Å². The number of aliphatic imine (C=N–C) groups is 1. The van der Waals surface area contributed by atoms with Crippen LogP contribution in [0.15, 0.2) is 47.7 Å². The van der Waals surface area contributed by atoms with Gasteiger partial charge in [0.2, 0.25) is 0 Å². The maximum Gasteiger partial charge on any atom is 0.191 e. The molecule has 0 radical (unpaired) electrons. The lowest BCUT2D eigenvalue weighted by Gasteiger charge is -2.24. The zero-order chi connectivity index (χ0) is 17.5. The van der Waals surface area contributed by atoms with E-state index < -0.39 is 0 Å². The summed E-state index contributed by atoms with van der Waals surface area (Å²) in [5.74, 6) is 2.13. The lowest BCUT2D eigenvalue weighted by Crippen LogP contribution is -2.43. The number of guanidine groups is 1. The van der Waals surface area contributed by atoms with Crippen molar-refractivity contribution in [3.05, 3.63) is 53.9 Å². The van der Waals surface area contributed by atoms with E-state index in [-0.39, 0.29) is 24.0 Å². The summed E-state index contributed by atoms with van der Waals surface area (Å²) in [7, 11) is 1.83. The molecule has 1 fully saturated rings. The molecule has 0 saturated carbocycles. The van der Waals surface area contributed by atoms with E-state index in [2.05, 4.69) is 63.7 Å². The highest BCUT2D eigenvalue weighted by molar-refractivity contribution is 14.0. The molecule has 1 aromatic heterocycles. The van der Waals surface area contributed by atoms with Gasteiger partial charge in [-0.1, -0.05) is 24.3 Å². The summed E-state index contributed by atoms with van der Waals surface area (Å²) in [6.07, 6.45) is 6.39. The molecule has 7 heteroatoms. The SMILES string of the molecule is CN=C(NCc1ccccc1Cn1cccn1)NCC1(C)CCCS1.I. The summed E-state index contributed by atoms with van der Waals surface area (Å²) < 4.78 is 2.28. The van der Waals surface area contributed by atoms with Crippen LogP contribution < -0.4 is 10.6 Å². The fraction of sp³-hybridized carbons (Fsp3) is 0.474. The van der Waals surface area contributed by atoms with Crippen molar-refractivity contribution < 1.29 is 0 Å². The summed E-state index contributed by atoms with van der Waals surface area (Å²) in [5.41, 5.74) is 2.54. The minimum absolute atomic E-state index is 0. The molecule has 1 aliphatic heterocycles. The Kier molecular flexibility index (Phi) is 8.27. The van der Waals surface area contributed by atoms with Crippen LogP contribution in [0.1, 0.15) is 30.9 Å². The van der Waals surface area contributed by atoms with Gasteiger partial charge >= 0.3 is 0 Å². The predicted octanol–water partition coefficient (Wildman–Crippen LogP) is 3.50. The van der Waals surface area contributed by atoms with Crippen molar-refractivity contribution in [1.29, 1.82) is 0 Å². The van der Waals surface area contributed by atoms with Crippen LogP contribution in [0.4, 0.5) is 0 Å². The Hall–Kier alpha value is -1.22. The predicted molar refractivity (Wildman–Crippen MR) is 121 cm³/mol. The Morgan fingerprint density at radius 3 is 2.73 bits per heavy atom. The molecule has 1 unspecified atom stereocenters. The molecule has 1 aromatic carbocycles. The third-order valence-electron chi connectivity index (χ3n) is 4.61. The van der Waals surface area contributed by atoms with E-state index in [4.69, 9.17) is 0 Å². The Labute approximate surface area is 177 Å². The molecular weight excluding hydrogens is 457 g/mol. The molecule has 3 rings (SSSR count). The molecule has 0 bridgehead atoms. The van der Waals surface area contributed by atoms with Crippen LogP contribution in [-0.4, -0.2) is 39.8 Å². The minimum atomic E-state index is 0. The van der Waals surface area contributed by atoms with Crippen LogP contribution in [0.2, 0.25) is 0 Å². The number of aromatic nitrogens is 2. The van der Waals surface area contributed by atoms with Crippen molar-refractivity contribution in [3.63, 3.8) is 0 Å². The number of benzene rings is 1. The third kappa shape index (κ3) is 5.90. The van der Waals surface area contributed by atoms with Gasteiger partial charge in [-0.05, 0) is 42.7 Å². The number of nitrogens with one attached hydrogen (secondary N) is 2. The van der Waals surface area contributed by atoms with Crippen molar-refractivity contribution in [2.75, 3.05) is 19.3 Å². The number of hydrogen-bond donors (Lipinski definition) is 2. The number of halogens is 1. The maximum atomic E-state index is 4.37. The minimum Gasteiger partial charge on any atom is -0.355 e. The lowest BCUT2D eigenvalue weighted by molar-refractivity contribution is 0.584. The van der Waals surface area contributed by atoms with Crippen molar-refractivity contribution in [3.8, 4) is 0 Å². The van der Waals surface area contributed by atoms with Gasteiger partial charge in [0.05, 0.1) is 6.54 Å². The number of hydrogen-bond acceptors (Lipinski definition) is 3. The molecular formula is C19H28IN5S. The van der Waals surface area contributed by atoms with E-state index in [1.54, 1.807) is 0 Å². The molecule has 5 nitrogen and oxygen atoms in total. The molecule has 2 N–H and O–H groups in total. The van der Waals surface area contributed by atoms with E-state index in [0.29, 0.717) is 4.75 Å². The quantitative estimate of drug-likeness (QED) is 0.374. The van der Waals surface area contributed by atoms with E-state index >= 15 is 0 Å². The highest BCUT2D eigenvalue weighted by Gasteiger charge is 2.29. The first-order valence-electron chi connectivity index (χ1n) is 8.81. The molecule has 2 aromatic rings. The smallest absolute Gasteiger partial charge is 0.191 e. The van der Waals surface area contributed by atoms with Crippen LogP contribution >= 0.6 is 35.7 Å². The standard InChI is InChI=1S/C19H27N5S.HI/c1-19(9-5-12-25-19)15-22-18(20-2)21-13-16-7-3-4-8-17(16)14-24-11-6-10-23-24;/h3-4,6-8,10-11H,5,9,12-15H2,1-2H3,(H2,20,21,22);1H. The summed E-state index contributed by atoms with van der Waals surface area (Å²) >= 11 is 2.06. The van der Waals surface area contributed by atoms with Crippen LogP contribution in [0, 0.1) is 0 Å². The van der Waals surface area contributed by atoms with Gasteiger partial charge < -0.3 is 10.6 Å². The number of thioether (sulfide) groups is 1. The summed E-state index contributed by atoms with van der Waals surface area (Å²) in [6, 6.07) is 10.4. The van der Waals surface area contributed by atoms with Gasteiger partial charge in [-0.25, -0.2) is 0 Å². The average Bonchev–Trinajstić information content (AvgIpc) is 3.28. The van der Waals surface area contributed by atoms with E-state index in [0.717, 1.165) is 25.6 Å². The largest absolute Gasteiger partial charge is 0.355 e. The third-order valence-corrected chi connectivity index (χ3v) is 6.15. The summed E-state index contributed by atoms with van der Waals surface area (Å²) in [6.45, 7) is 4.82. The van der Waals surface area contributed by atoms with Crippen molar-refractivity contribution in [2.45, 2.75) is 37.6 Å². The molecule has 1 aliphatic rings. The normalized spacial score (nSPS) is 19.8. The van der Waals surface area contributed by atoms with Gasteiger partial charge in [0.25, 0.3) is 0 Å². The number of nitrogens with zero attached hydrogens (tertiary/aromatic N) is 3. The van der Waals surface area contributed by atoms with Crippen LogP contribution in [0.3, 0.4) is 0 Å². The maximum absolute atomic E-state index is 4.37. The summed E-state index contributed by atoms with van der Waals surface area (Å²) in [4.78, 5) is 4.37. The average molecular weight is 485 g/mol. The lowest BCUT2D eigenvalue weighted by atomic mass is 10.1. The summed E-state index contributed by atoms with van der Waals surface area (Å²) in [5, 5.41) is 11.2. The molecule has 2 heterocycles. The van der Waals surface area contributed by atoms with Crippen LogP contribution in [0.25, 0.3) is 0 Å². The fourth-order valence-electron chi connectivity index (χ4n) is 3.10. The Balaban J connectivity index is 0.00000243. The molecule has 0 aliphatic carbocycles. The fourth-order valence-corrected chi connectivity index (χ4v) is 4.34. The zero-order valence-corrected chi connectivity index (χ0v) is 18.6. The first-order chi connectivity index (χ1) is 12.2. The molecule has 1 saturated heterocycles. The van der Waals surface area contributed by atoms with Gasteiger partial charge in [0.15, 0.2) is 5.96 Å². The topological polar surface area (TPSA) is 54.2 Å². The zero-order valence-electron chi connectivity index (χ0n) is 15.4. The Morgan fingerprint density at radius 2 is 2.08 bits per heavy atom. The molecule has 0 amide bonds. The highest BCUT2D eigenvalue weighted by Crippen LogP contribution is 2.36. The molecule has 1 atom stereocenters. The van der Waals surface area contributed by atoms with Crippen LogP contribution in [0.5, 0.6) is 0 Å². The first-order valence-corrected chi connectivity index (χ1v) is 9.80. The van der Waals surface area contributed by atoms with E-state index in [1.165, 1.54) is 29.7 Å². The second kappa shape index (κ2) is 10.2. The first kappa shape index (κ1) is 21.1. The molecule has 0 spiro atoms. The van der Waals surface area contributed by atoms with Crippen molar-refractivity contribution >= 4 is 41.7 Å². The Morgan fingerprint density at radius 1 is 1.27 bits per heavy atom. The number of rotatable bonds is 6. The van der Waals surface area contributed by atoms with Gasteiger partial charge in [0, 0.05) is 37.3 Å². The van der Waals surface area contributed by atoms with Gasteiger partial charge in [0.1, 0.15) is 0 Å². The monoisotopic (exact) mass is 485 g/mol. The van der Waals surface area contributed by atoms with Gasteiger partial charge in [-0.15, -0.1) is 24.0 Å². The second-order valence-corrected chi connectivity index (χ2v) is 8.34. The van der Waals surface area contributed by atoms with Crippen molar-refractivity contribution in [2.24, 2.45) is 4.99 Å². The second-order valence-electron chi connectivity index (χ2n) is 6.65. The molecule has 26 heavy (non-hydrogen) atoms. The van der Waals surface area contributed by atoms with E-state index in [9.17, 15) is 0 Å². The highest BCUT2D eigenvalue weighted by atomic mass is 127.